The first-order chi connectivity index (χ1) is 19.0. The van der Waals surface area contributed by atoms with Gasteiger partial charge in [-0.15, -0.1) is 0 Å². The van der Waals surface area contributed by atoms with E-state index in [1.807, 2.05) is 44.2 Å². The average Bonchev–Trinajstić information content (AvgIpc) is 3.64. The Labute approximate surface area is 230 Å². The van der Waals surface area contributed by atoms with Crippen LogP contribution in [0.4, 0.5) is 0 Å². The number of fused-ring (bicyclic) bond motifs is 2. The summed E-state index contributed by atoms with van der Waals surface area (Å²) < 4.78 is 12.2. The Bertz CT molecular complexity index is 1560. The molecule has 0 unspecified atom stereocenters. The molecule has 0 amide bonds. The van der Waals surface area contributed by atoms with Crippen LogP contribution >= 0.6 is 0 Å². The Morgan fingerprint density at radius 1 is 0.974 bits per heavy atom. The van der Waals surface area contributed by atoms with E-state index in [4.69, 9.17) is 20.0 Å². The van der Waals surface area contributed by atoms with E-state index in [0.717, 1.165) is 54.3 Å². The second kappa shape index (κ2) is 10.8. The van der Waals surface area contributed by atoms with E-state index >= 15 is 0 Å². The Morgan fingerprint density at radius 2 is 1.77 bits per heavy atom. The molecule has 0 atom stereocenters. The van der Waals surface area contributed by atoms with Crippen molar-refractivity contribution < 1.29 is 9.15 Å². The predicted molar refractivity (Wildman–Crippen MR) is 159 cm³/mol. The number of allylic oxidation sites excluding steroid dienone is 2. The first-order valence-electron chi connectivity index (χ1n) is 14.1. The second-order valence-corrected chi connectivity index (χ2v) is 11.1. The lowest BCUT2D eigenvalue weighted by molar-refractivity contribution is 0.193. The van der Waals surface area contributed by atoms with Gasteiger partial charge in [0.1, 0.15) is 17.1 Å². The van der Waals surface area contributed by atoms with E-state index < -0.39 is 0 Å². The van der Waals surface area contributed by atoms with Crippen LogP contribution in [0.3, 0.4) is 0 Å². The SMILES string of the molecule is CC(C)C(=N)C1=C[C]1C(=N)c1cc2c(OCCCN3CCC(c4ccc5ccccc5c4)CC3)cccc2o1. The van der Waals surface area contributed by atoms with Crippen molar-refractivity contribution in [3.8, 4) is 5.75 Å². The molecule has 1 aromatic heterocycles. The summed E-state index contributed by atoms with van der Waals surface area (Å²) in [5.74, 6) is 2.92. The van der Waals surface area contributed by atoms with E-state index in [1.165, 1.54) is 29.2 Å². The standard InChI is InChI=1S/C34H36N3O2/c1-22(2)33(35)27-20-28(27)34(36)32-21-29-30(9-5-10-31(29)39-32)38-18-6-15-37-16-13-24(14-17-37)26-12-11-23-7-3-4-8-25(23)19-26/h3-5,7-12,19-22,24,35-36H,6,13-18H2,1-2H3. The number of hydrogen-bond donors (Lipinski definition) is 2. The van der Waals surface area contributed by atoms with E-state index in [-0.39, 0.29) is 5.92 Å². The van der Waals surface area contributed by atoms with Gasteiger partial charge < -0.3 is 24.9 Å². The molecule has 199 valence electrons. The van der Waals surface area contributed by atoms with Crippen molar-refractivity contribution in [3.05, 3.63) is 95.6 Å². The highest BCUT2D eigenvalue weighted by Gasteiger charge is 2.36. The first-order valence-corrected chi connectivity index (χ1v) is 14.1. The Balaban J connectivity index is 0.990. The van der Waals surface area contributed by atoms with Crippen molar-refractivity contribution in [2.24, 2.45) is 5.92 Å². The summed E-state index contributed by atoms with van der Waals surface area (Å²) in [6, 6.07) is 23.3. The van der Waals surface area contributed by atoms with Gasteiger partial charge in [-0.3, -0.25) is 0 Å². The molecule has 5 nitrogen and oxygen atoms in total. The Kier molecular flexibility index (Phi) is 7.09. The molecule has 6 rings (SSSR count). The van der Waals surface area contributed by atoms with Crippen molar-refractivity contribution in [3.63, 3.8) is 0 Å². The average molecular weight is 519 g/mol. The number of rotatable bonds is 10. The molecule has 2 aliphatic rings. The normalized spacial score (nSPS) is 16.6. The molecule has 1 aliphatic heterocycles. The number of hydrogen-bond acceptors (Lipinski definition) is 5. The van der Waals surface area contributed by atoms with Crippen LogP contribution in [0.1, 0.15) is 50.4 Å². The molecule has 2 heterocycles. The molecule has 3 aromatic carbocycles. The summed E-state index contributed by atoms with van der Waals surface area (Å²) >= 11 is 0. The van der Waals surface area contributed by atoms with E-state index in [9.17, 15) is 0 Å². The zero-order valence-electron chi connectivity index (χ0n) is 22.8. The molecular formula is C34H36N3O2. The van der Waals surface area contributed by atoms with Gasteiger partial charge in [-0.2, -0.15) is 0 Å². The fraction of sp³-hybridized carbons (Fsp3) is 0.324. The molecule has 0 spiro atoms. The molecule has 1 aliphatic carbocycles. The fourth-order valence-electron chi connectivity index (χ4n) is 5.69. The third kappa shape index (κ3) is 5.41. The van der Waals surface area contributed by atoms with Crippen molar-refractivity contribution >= 4 is 33.2 Å². The Morgan fingerprint density at radius 3 is 2.56 bits per heavy atom. The van der Waals surface area contributed by atoms with Crippen LogP contribution in [-0.4, -0.2) is 42.6 Å². The Hall–Kier alpha value is -3.70. The topological polar surface area (TPSA) is 73.3 Å². The van der Waals surface area contributed by atoms with Gasteiger partial charge >= 0.3 is 0 Å². The predicted octanol–water partition coefficient (Wildman–Crippen LogP) is 7.79. The molecular weight excluding hydrogens is 482 g/mol. The minimum atomic E-state index is 0.146. The lowest BCUT2D eigenvalue weighted by Crippen LogP contribution is -2.34. The molecule has 39 heavy (non-hydrogen) atoms. The van der Waals surface area contributed by atoms with Gasteiger partial charge in [-0.05, 0) is 84.3 Å². The zero-order valence-corrected chi connectivity index (χ0v) is 22.8. The summed E-state index contributed by atoms with van der Waals surface area (Å²) in [6.07, 6.45) is 5.28. The molecule has 1 fully saturated rings. The summed E-state index contributed by atoms with van der Waals surface area (Å²) in [5.41, 5.74) is 3.98. The van der Waals surface area contributed by atoms with Gasteiger partial charge in [-0.25, -0.2) is 0 Å². The largest absolute Gasteiger partial charge is 0.493 e. The van der Waals surface area contributed by atoms with Crippen LogP contribution in [-0.2, 0) is 0 Å². The quantitative estimate of drug-likeness (QED) is 0.166. The van der Waals surface area contributed by atoms with Crippen LogP contribution in [0, 0.1) is 22.7 Å². The summed E-state index contributed by atoms with van der Waals surface area (Å²) in [4.78, 5) is 2.56. The lowest BCUT2D eigenvalue weighted by atomic mass is 9.88. The number of benzene rings is 3. The molecule has 2 N–H and O–H groups in total. The van der Waals surface area contributed by atoms with Crippen LogP contribution in [0.5, 0.6) is 5.75 Å². The minimum absolute atomic E-state index is 0.146. The summed E-state index contributed by atoms with van der Waals surface area (Å²) in [6.45, 7) is 7.95. The molecule has 5 heteroatoms. The van der Waals surface area contributed by atoms with Gasteiger partial charge in [0.2, 0.25) is 0 Å². The maximum Gasteiger partial charge on any atom is 0.150 e. The van der Waals surface area contributed by atoms with Gasteiger partial charge in [0.15, 0.2) is 0 Å². The molecule has 4 aromatic rings. The van der Waals surface area contributed by atoms with Crippen molar-refractivity contribution in [2.75, 3.05) is 26.2 Å². The van der Waals surface area contributed by atoms with E-state index in [0.29, 0.717) is 29.7 Å². The van der Waals surface area contributed by atoms with Crippen LogP contribution in [0.2, 0.25) is 0 Å². The summed E-state index contributed by atoms with van der Waals surface area (Å²) in [7, 11) is 0. The minimum Gasteiger partial charge on any atom is -0.493 e. The number of ether oxygens (including phenoxy) is 1. The highest BCUT2D eigenvalue weighted by Crippen LogP contribution is 2.39. The number of piperidine rings is 1. The highest BCUT2D eigenvalue weighted by atomic mass is 16.5. The van der Waals surface area contributed by atoms with Gasteiger partial charge in [0.25, 0.3) is 0 Å². The van der Waals surface area contributed by atoms with E-state index in [2.05, 4.69) is 47.4 Å². The van der Waals surface area contributed by atoms with E-state index in [1.54, 1.807) is 0 Å². The van der Waals surface area contributed by atoms with Crippen molar-refractivity contribution in [1.29, 1.82) is 10.8 Å². The fourth-order valence-corrected chi connectivity index (χ4v) is 5.69. The lowest BCUT2D eigenvalue weighted by Gasteiger charge is -2.32. The van der Waals surface area contributed by atoms with Crippen LogP contribution in [0.25, 0.3) is 21.7 Å². The molecule has 0 bridgehead atoms. The maximum atomic E-state index is 8.57. The van der Waals surface area contributed by atoms with Crippen LogP contribution < -0.4 is 4.74 Å². The van der Waals surface area contributed by atoms with Gasteiger partial charge in [0.05, 0.1) is 23.6 Å². The third-order valence-electron chi connectivity index (χ3n) is 8.11. The third-order valence-corrected chi connectivity index (χ3v) is 8.11. The zero-order chi connectivity index (χ0) is 26.9. The first kappa shape index (κ1) is 25.6. The number of likely N-dealkylation sites (tertiary alicyclic amines) is 1. The molecule has 0 saturated carbocycles. The molecule has 1 saturated heterocycles. The van der Waals surface area contributed by atoms with Gasteiger partial charge in [-0.1, -0.05) is 68.5 Å². The second-order valence-electron chi connectivity index (χ2n) is 11.1. The number of nitrogens with zero attached hydrogens (tertiary/aromatic N) is 1. The highest BCUT2D eigenvalue weighted by molar-refractivity contribution is 6.25. The number of nitrogens with one attached hydrogen (secondary N) is 2. The number of furan rings is 1. The van der Waals surface area contributed by atoms with Crippen molar-refractivity contribution in [1.82, 2.24) is 4.90 Å². The van der Waals surface area contributed by atoms with Crippen LogP contribution in [0.15, 0.2) is 82.8 Å². The molecule has 1 radical (unpaired) electrons. The summed E-state index contributed by atoms with van der Waals surface area (Å²) in [5, 5.41) is 20.3. The monoisotopic (exact) mass is 518 g/mol. The maximum absolute atomic E-state index is 8.57. The smallest absolute Gasteiger partial charge is 0.150 e. The van der Waals surface area contributed by atoms with Crippen molar-refractivity contribution in [2.45, 2.75) is 39.0 Å². The van der Waals surface area contributed by atoms with Gasteiger partial charge in [0, 0.05) is 12.3 Å².